The highest BCUT2D eigenvalue weighted by molar-refractivity contribution is 7.77. The van der Waals surface area contributed by atoms with Crippen LogP contribution >= 0.6 is 12.8 Å². The van der Waals surface area contributed by atoms with E-state index in [0.29, 0.717) is 13.0 Å². The van der Waals surface area contributed by atoms with Gasteiger partial charge in [0.25, 0.3) is 0 Å². The molecule has 1 atom stereocenters. The molecule has 0 aromatic rings. The van der Waals surface area contributed by atoms with E-state index in [1.165, 1.54) is 0 Å². The average molecular weight is 138 g/mol. The van der Waals surface area contributed by atoms with E-state index in [2.05, 4.69) is 23.3 Å². The van der Waals surface area contributed by atoms with Gasteiger partial charge in [0.1, 0.15) is 6.17 Å². The minimum Gasteiger partial charge on any atom is -0.314 e. The molecule has 0 saturated carbocycles. The standard InChI is InChI=1S/C4H8FN.H3NS/c5-4-1-2-6-3-4;1-2/h4,6H,1-3H2;2H,1H2. The summed E-state index contributed by atoms with van der Waals surface area (Å²) in [5.41, 5.74) is 0. The Morgan fingerprint density at radius 1 is 1.62 bits per heavy atom. The number of nitrogens with two attached hydrogens (primary N) is 1. The van der Waals surface area contributed by atoms with Gasteiger partial charge in [0.05, 0.1) is 0 Å². The first kappa shape index (κ1) is 8.20. The third-order valence-electron chi connectivity index (χ3n) is 1.00. The van der Waals surface area contributed by atoms with Crippen LogP contribution in [0.25, 0.3) is 0 Å². The SMILES string of the molecule is FC1CCNC1.NS. The van der Waals surface area contributed by atoms with Crippen molar-refractivity contribution < 1.29 is 4.39 Å². The Morgan fingerprint density at radius 2 is 2.25 bits per heavy atom. The highest BCUT2D eigenvalue weighted by Gasteiger charge is 2.10. The molecule has 50 valence electrons. The fraction of sp³-hybridized carbons (Fsp3) is 1.00. The van der Waals surface area contributed by atoms with Gasteiger partial charge in [-0.05, 0) is 13.0 Å². The molecule has 2 nitrogen and oxygen atoms in total. The predicted molar refractivity (Wildman–Crippen MR) is 35.6 cm³/mol. The molecule has 1 rings (SSSR count). The van der Waals surface area contributed by atoms with Crippen LogP contribution in [-0.2, 0) is 0 Å². The van der Waals surface area contributed by atoms with Crippen LogP contribution in [0.4, 0.5) is 4.39 Å². The van der Waals surface area contributed by atoms with Gasteiger partial charge in [0.15, 0.2) is 0 Å². The average Bonchev–Trinajstić information content (AvgIpc) is 2.24. The van der Waals surface area contributed by atoms with E-state index in [1.54, 1.807) is 0 Å². The summed E-state index contributed by atoms with van der Waals surface area (Å²) in [5.74, 6) is 0. The molecule has 0 aromatic heterocycles. The van der Waals surface area contributed by atoms with Crippen LogP contribution in [0.5, 0.6) is 0 Å². The lowest BCUT2D eigenvalue weighted by molar-refractivity contribution is 0.361. The molecule has 8 heavy (non-hydrogen) atoms. The molecule has 1 fully saturated rings. The second-order valence-electron chi connectivity index (χ2n) is 1.59. The third kappa shape index (κ3) is 3.23. The number of hydrogen-bond donors (Lipinski definition) is 3. The van der Waals surface area contributed by atoms with Crippen molar-refractivity contribution in [3.05, 3.63) is 0 Å². The molecule has 1 unspecified atom stereocenters. The van der Waals surface area contributed by atoms with E-state index in [-0.39, 0.29) is 0 Å². The van der Waals surface area contributed by atoms with Gasteiger partial charge in [0.2, 0.25) is 0 Å². The molecule has 1 saturated heterocycles. The second-order valence-corrected chi connectivity index (χ2v) is 1.59. The van der Waals surface area contributed by atoms with Gasteiger partial charge < -0.3 is 5.32 Å². The van der Waals surface area contributed by atoms with Crippen molar-refractivity contribution in [1.29, 1.82) is 0 Å². The molecule has 1 aliphatic heterocycles. The van der Waals surface area contributed by atoms with E-state index in [1.807, 2.05) is 0 Å². The Bertz CT molecular complexity index is 47.3. The molecule has 0 aromatic carbocycles. The Kier molecular flexibility index (Phi) is 5.47. The third-order valence-corrected chi connectivity index (χ3v) is 1.00. The summed E-state index contributed by atoms with van der Waals surface area (Å²) in [6.45, 7) is 1.43. The Morgan fingerprint density at radius 3 is 2.38 bits per heavy atom. The van der Waals surface area contributed by atoms with Crippen molar-refractivity contribution in [3.8, 4) is 0 Å². The number of hydrogen-bond acceptors (Lipinski definition) is 3. The van der Waals surface area contributed by atoms with Crippen LogP contribution in [0.15, 0.2) is 0 Å². The molecule has 1 heterocycles. The first-order valence-electron chi connectivity index (χ1n) is 2.50. The van der Waals surface area contributed by atoms with Gasteiger partial charge >= 0.3 is 0 Å². The predicted octanol–water partition coefficient (Wildman–Crippen LogP) is 0.108. The maximum Gasteiger partial charge on any atom is 0.114 e. The maximum atomic E-state index is 11.9. The molecule has 0 aliphatic carbocycles. The highest BCUT2D eigenvalue weighted by atomic mass is 32.1. The quantitative estimate of drug-likeness (QED) is 0.416. The minimum absolute atomic E-state index is 0.565. The topological polar surface area (TPSA) is 38.0 Å². The van der Waals surface area contributed by atoms with E-state index in [0.717, 1.165) is 6.54 Å². The largest absolute Gasteiger partial charge is 0.314 e. The van der Waals surface area contributed by atoms with Crippen LogP contribution < -0.4 is 10.5 Å². The fourth-order valence-electron chi connectivity index (χ4n) is 0.619. The normalized spacial score (nSPS) is 26.6. The van der Waals surface area contributed by atoms with Crippen molar-refractivity contribution in [2.75, 3.05) is 13.1 Å². The molecule has 0 radical (unpaired) electrons. The van der Waals surface area contributed by atoms with Crippen LogP contribution in [0.1, 0.15) is 6.42 Å². The number of nitrogens with one attached hydrogen (secondary N) is 1. The molecule has 0 spiro atoms. The summed E-state index contributed by atoms with van der Waals surface area (Å²) in [4.78, 5) is 0. The summed E-state index contributed by atoms with van der Waals surface area (Å²) in [6.07, 6.45) is 0.144. The lowest BCUT2D eigenvalue weighted by atomic mass is 10.4. The monoisotopic (exact) mass is 138 g/mol. The second kappa shape index (κ2) is 5.34. The van der Waals surface area contributed by atoms with Crippen molar-refractivity contribution in [3.63, 3.8) is 0 Å². The van der Waals surface area contributed by atoms with E-state index in [9.17, 15) is 4.39 Å². The number of halogens is 1. The van der Waals surface area contributed by atoms with Crippen molar-refractivity contribution in [1.82, 2.24) is 5.32 Å². The van der Waals surface area contributed by atoms with Gasteiger partial charge in [-0.1, -0.05) is 0 Å². The molecule has 3 N–H and O–H groups in total. The number of rotatable bonds is 0. The van der Waals surface area contributed by atoms with Crippen LogP contribution in [0, 0.1) is 0 Å². The molecule has 1 aliphatic rings. The summed E-state index contributed by atoms with van der Waals surface area (Å²) in [5, 5.41) is 7.09. The van der Waals surface area contributed by atoms with Crippen LogP contribution in [0.2, 0.25) is 0 Å². The van der Waals surface area contributed by atoms with Crippen molar-refractivity contribution >= 4 is 12.8 Å². The summed E-state index contributed by atoms with van der Waals surface area (Å²) in [7, 11) is 0. The molecular weight excluding hydrogens is 127 g/mol. The van der Waals surface area contributed by atoms with Gasteiger partial charge in [0, 0.05) is 6.54 Å². The van der Waals surface area contributed by atoms with Gasteiger partial charge in [-0.3, -0.25) is 5.14 Å². The van der Waals surface area contributed by atoms with Crippen molar-refractivity contribution in [2.24, 2.45) is 5.14 Å². The van der Waals surface area contributed by atoms with Crippen LogP contribution in [0.3, 0.4) is 0 Å². The van der Waals surface area contributed by atoms with Crippen LogP contribution in [-0.4, -0.2) is 19.3 Å². The van der Waals surface area contributed by atoms with Gasteiger partial charge in [-0.25, -0.2) is 4.39 Å². The molecule has 4 heteroatoms. The van der Waals surface area contributed by atoms with E-state index >= 15 is 0 Å². The first-order valence-corrected chi connectivity index (χ1v) is 3.02. The Balaban J connectivity index is 0.000000222. The zero-order chi connectivity index (χ0) is 6.41. The van der Waals surface area contributed by atoms with E-state index in [4.69, 9.17) is 0 Å². The molecular formula is C4H11FN2S. The number of thiol groups is 1. The van der Waals surface area contributed by atoms with E-state index < -0.39 is 6.17 Å². The zero-order valence-electron chi connectivity index (χ0n) is 4.60. The first-order chi connectivity index (χ1) is 3.89. The molecule has 0 amide bonds. The minimum atomic E-state index is -0.565. The van der Waals surface area contributed by atoms with Gasteiger partial charge in [-0.2, -0.15) is 0 Å². The zero-order valence-corrected chi connectivity index (χ0v) is 5.50. The smallest absolute Gasteiger partial charge is 0.114 e. The molecule has 0 bridgehead atoms. The highest BCUT2D eigenvalue weighted by Crippen LogP contribution is 1.99. The lowest BCUT2D eigenvalue weighted by Crippen LogP contribution is -2.08. The Labute approximate surface area is 54.2 Å². The number of alkyl halides is 1. The van der Waals surface area contributed by atoms with Gasteiger partial charge in [-0.15, -0.1) is 12.8 Å². The summed E-state index contributed by atoms with van der Waals surface area (Å²) >= 11 is 3.03. The maximum absolute atomic E-state index is 11.9. The Hall–Kier alpha value is 0.200. The summed E-state index contributed by atoms with van der Waals surface area (Å²) in [6, 6.07) is 0. The van der Waals surface area contributed by atoms with Crippen molar-refractivity contribution in [2.45, 2.75) is 12.6 Å². The lowest BCUT2D eigenvalue weighted by Gasteiger charge is -1.86. The fourth-order valence-corrected chi connectivity index (χ4v) is 0.619. The summed E-state index contributed by atoms with van der Waals surface area (Å²) < 4.78 is 11.9.